The Kier molecular flexibility index (Phi) is 8.61. The lowest BCUT2D eigenvalue weighted by atomic mass is 10.1. The Labute approximate surface area is 203 Å². The maximum atomic E-state index is 14.8. The van der Waals surface area contributed by atoms with Crippen molar-refractivity contribution in [3.8, 4) is 5.75 Å². The molecule has 186 valence electrons. The van der Waals surface area contributed by atoms with Crippen LogP contribution in [-0.4, -0.2) is 57.9 Å². The Bertz CT molecular complexity index is 1120. The molecule has 1 aliphatic heterocycles. The molecule has 0 saturated carbocycles. The lowest BCUT2D eigenvalue weighted by Gasteiger charge is -2.24. The number of thioether (sulfide) groups is 1. The van der Waals surface area contributed by atoms with Gasteiger partial charge >= 0.3 is 19.4 Å². The second kappa shape index (κ2) is 11.1. The van der Waals surface area contributed by atoms with Crippen LogP contribution in [0.1, 0.15) is 12.3 Å². The molecule has 1 saturated heterocycles. The molecule has 1 unspecified atom stereocenters. The van der Waals surface area contributed by atoms with Crippen molar-refractivity contribution >= 4 is 42.9 Å². The van der Waals surface area contributed by atoms with Crippen molar-refractivity contribution in [1.82, 2.24) is 14.6 Å². The summed E-state index contributed by atoms with van der Waals surface area (Å²) in [5.74, 6) is -0.623. The minimum Gasteiger partial charge on any atom is -0.468 e. The Morgan fingerprint density at radius 3 is 2.71 bits per heavy atom. The number of nitrogens with zero attached hydrogens (tertiary/aromatic N) is 2. The molecule has 0 amide bonds. The van der Waals surface area contributed by atoms with Crippen molar-refractivity contribution in [1.29, 1.82) is 0 Å². The molecule has 4 N–H and O–H groups in total. The van der Waals surface area contributed by atoms with Gasteiger partial charge in [-0.3, -0.25) is 13.9 Å². The monoisotopic (exact) mass is 536 g/mol. The largest absolute Gasteiger partial charge is 0.468 e. The van der Waals surface area contributed by atoms with Gasteiger partial charge in [0.15, 0.2) is 6.17 Å². The first-order valence-electron chi connectivity index (χ1n) is 9.90. The number of rotatable bonds is 9. The molecule has 11 nitrogen and oxygen atoms in total. The molecule has 0 radical (unpaired) electrons. The molecule has 15 heteroatoms. The number of carbonyl (C=O) groups is 1. The van der Waals surface area contributed by atoms with Crippen LogP contribution in [0.4, 0.5) is 10.2 Å². The molecular formula is C19H23ClFN4O7PS. The summed E-state index contributed by atoms with van der Waals surface area (Å²) in [7, 11) is -3.06. The SMILES string of the molecule is COC(=O)[C@H](C)NP(=O)(OC[C@H]1S[C@@H](n2ccc(N)nc2=O)[C@@H](F)[C@@H]1O)Oc1ccc(Cl)cc1. The van der Waals surface area contributed by atoms with Crippen LogP contribution in [0.15, 0.2) is 41.3 Å². The van der Waals surface area contributed by atoms with Crippen molar-refractivity contribution in [2.45, 2.75) is 35.9 Å². The number of aliphatic hydroxyl groups excluding tert-OH is 1. The topological polar surface area (TPSA) is 155 Å². The highest BCUT2D eigenvalue weighted by atomic mass is 35.5. The number of methoxy groups -OCH3 is 1. The van der Waals surface area contributed by atoms with Gasteiger partial charge in [0.1, 0.15) is 29.1 Å². The Hall–Kier alpha value is -2.15. The second-order valence-electron chi connectivity index (χ2n) is 7.25. The molecule has 1 aliphatic rings. The van der Waals surface area contributed by atoms with Crippen LogP contribution < -0.4 is 21.0 Å². The van der Waals surface area contributed by atoms with E-state index in [0.717, 1.165) is 23.4 Å². The standard InChI is InChI=1S/C19H23ClFN4O7PS/c1-10(18(27)30-2)24-33(29,32-12-5-3-11(20)4-6-12)31-9-13-16(26)15(21)17(34-13)25-8-7-14(22)23-19(25)28/h3-8,10,13,15-17,26H,9H2,1-2H3,(H,24,29)(H2,22,23,28)/t10-,13+,15-,16+,17+,33?/m0/s1. The third-order valence-corrected chi connectivity index (χ3v) is 8.20. The van der Waals surface area contributed by atoms with Crippen LogP contribution >= 0.6 is 31.1 Å². The number of ether oxygens (including phenoxy) is 1. The number of halogens is 2. The molecule has 1 fully saturated rings. The molecule has 3 rings (SSSR count). The van der Waals surface area contributed by atoms with Crippen LogP contribution in [0.3, 0.4) is 0 Å². The number of hydrogen-bond donors (Lipinski definition) is 3. The quantitative estimate of drug-likeness (QED) is 0.319. The van der Waals surface area contributed by atoms with Crippen molar-refractivity contribution in [3.63, 3.8) is 0 Å². The van der Waals surface area contributed by atoms with E-state index in [1.54, 1.807) is 0 Å². The normalized spacial score (nSPS) is 24.9. The molecule has 0 bridgehead atoms. The zero-order valence-electron chi connectivity index (χ0n) is 18.0. The van der Waals surface area contributed by atoms with E-state index >= 15 is 0 Å². The number of esters is 1. The minimum atomic E-state index is -4.22. The number of aromatic nitrogens is 2. The third kappa shape index (κ3) is 6.29. The van der Waals surface area contributed by atoms with Gasteiger partial charge in [0.05, 0.1) is 19.0 Å². The third-order valence-electron chi connectivity index (χ3n) is 4.77. The summed E-state index contributed by atoms with van der Waals surface area (Å²) in [5, 5.41) is 11.2. The average Bonchev–Trinajstić information content (AvgIpc) is 3.07. The maximum absolute atomic E-state index is 14.8. The molecular weight excluding hydrogens is 514 g/mol. The van der Waals surface area contributed by atoms with Gasteiger partial charge in [0.25, 0.3) is 0 Å². The van der Waals surface area contributed by atoms with E-state index in [9.17, 15) is 23.7 Å². The summed E-state index contributed by atoms with van der Waals surface area (Å²) in [6.07, 6.45) is -2.12. The van der Waals surface area contributed by atoms with Crippen molar-refractivity contribution in [2.75, 3.05) is 19.5 Å². The first kappa shape index (κ1) is 26.5. The zero-order chi connectivity index (χ0) is 25.0. The predicted octanol–water partition coefficient (Wildman–Crippen LogP) is 2.15. The van der Waals surface area contributed by atoms with Gasteiger partial charge in [-0.2, -0.15) is 10.1 Å². The molecule has 2 heterocycles. The smallest absolute Gasteiger partial charge is 0.459 e. The van der Waals surface area contributed by atoms with E-state index in [1.165, 1.54) is 43.5 Å². The fraction of sp³-hybridized carbons (Fsp3) is 0.421. The predicted molar refractivity (Wildman–Crippen MR) is 124 cm³/mol. The Morgan fingerprint density at radius 1 is 1.41 bits per heavy atom. The highest BCUT2D eigenvalue weighted by Crippen LogP contribution is 2.49. The summed E-state index contributed by atoms with van der Waals surface area (Å²) in [6, 6.07) is 6.13. The number of nitrogens with one attached hydrogen (secondary N) is 1. The molecule has 0 spiro atoms. The van der Waals surface area contributed by atoms with Crippen molar-refractivity contribution in [2.24, 2.45) is 0 Å². The van der Waals surface area contributed by atoms with Crippen LogP contribution in [0, 0.1) is 0 Å². The zero-order valence-corrected chi connectivity index (χ0v) is 20.5. The van der Waals surface area contributed by atoms with Gasteiger partial charge in [-0.15, -0.1) is 11.8 Å². The summed E-state index contributed by atoms with van der Waals surface area (Å²) < 4.78 is 44.8. The average molecular weight is 537 g/mol. The fourth-order valence-electron chi connectivity index (χ4n) is 3.05. The van der Waals surface area contributed by atoms with Crippen LogP contribution in [0.5, 0.6) is 5.75 Å². The number of carbonyl (C=O) groups excluding carboxylic acids is 1. The number of alkyl halides is 1. The van der Waals surface area contributed by atoms with Gasteiger partial charge in [0, 0.05) is 11.2 Å². The Balaban J connectivity index is 1.76. The van der Waals surface area contributed by atoms with E-state index in [-0.39, 0.29) is 11.6 Å². The first-order valence-corrected chi connectivity index (χ1v) is 12.8. The first-order chi connectivity index (χ1) is 16.0. The van der Waals surface area contributed by atoms with Crippen molar-refractivity contribution in [3.05, 3.63) is 52.0 Å². The number of nitrogen functional groups attached to an aromatic ring is 1. The van der Waals surface area contributed by atoms with Gasteiger partial charge in [-0.1, -0.05) is 11.6 Å². The number of anilines is 1. The lowest BCUT2D eigenvalue weighted by Crippen LogP contribution is -2.36. The highest BCUT2D eigenvalue weighted by molar-refractivity contribution is 8.00. The van der Waals surface area contributed by atoms with Gasteiger partial charge in [-0.05, 0) is 37.3 Å². The summed E-state index contributed by atoms with van der Waals surface area (Å²) in [6.45, 7) is 0.950. The molecule has 0 aliphatic carbocycles. The van der Waals surface area contributed by atoms with Crippen LogP contribution in [0.2, 0.25) is 5.02 Å². The van der Waals surface area contributed by atoms with Gasteiger partial charge in [0.2, 0.25) is 0 Å². The van der Waals surface area contributed by atoms with Crippen LogP contribution in [-0.2, 0) is 18.6 Å². The number of nitrogens with two attached hydrogens (primary N) is 1. The molecule has 6 atom stereocenters. The fourth-order valence-corrected chi connectivity index (χ4v) is 6.21. The lowest BCUT2D eigenvalue weighted by molar-refractivity contribution is -0.142. The molecule has 2 aromatic rings. The minimum absolute atomic E-state index is 0.0221. The van der Waals surface area contributed by atoms with E-state index < -0.39 is 55.0 Å². The van der Waals surface area contributed by atoms with Gasteiger partial charge in [-0.25, -0.2) is 13.8 Å². The summed E-state index contributed by atoms with van der Waals surface area (Å²) in [4.78, 5) is 27.5. The second-order valence-corrected chi connectivity index (χ2v) is 10.7. The highest BCUT2D eigenvalue weighted by Gasteiger charge is 2.46. The van der Waals surface area contributed by atoms with Crippen molar-refractivity contribution < 1.29 is 32.6 Å². The van der Waals surface area contributed by atoms with E-state index in [1.807, 2.05) is 0 Å². The Morgan fingerprint density at radius 2 is 2.09 bits per heavy atom. The maximum Gasteiger partial charge on any atom is 0.459 e. The number of hydrogen-bond acceptors (Lipinski definition) is 10. The number of aliphatic hydroxyl groups is 1. The molecule has 34 heavy (non-hydrogen) atoms. The number of benzene rings is 1. The van der Waals surface area contributed by atoms with E-state index in [0.29, 0.717) is 5.02 Å². The van der Waals surface area contributed by atoms with Crippen LogP contribution in [0.25, 0.3) is 0 Å². The van der Waals surface area contributed by atoms with E-state index in [2.05, 4.69) is 14.8 Å². The van der Waals surface area contributed by atoms with Gasteiger partial charge < -0.3 is 20.1 Å². The van der Waals surface area contributed by atoms with E-state index in [4.69, 9.17) is 26.4 Å². The summed E-state index contributed by atoms with van der Waals surface area (Å²) in [5.41, 5.74) is 4.69. The molecule has 1 aromatic carbocycles. The molecule has 1 aromatic heterocycles. The summed E-state index contributed by atoms with van der Waals surface area (Å²) >= 11 is 6.75.